The molecule has 0 N–H and O–H groups in total. The van der Waals surface area contributed by atoms with Crippen LogP contribution >= 0.6 is 11.3 Å². The molecule has 3 aromatic heterocycles. The summed E-state index contributed by atoms with van der Waals surface area (Å²) in [7, 11) is -3.58. The molecule has 5 rings (SSSR count). The zero-order valence-corrected chi connectivity index (χ0v) is 18.3. The summed E-state index contributed by atoms with van der Waals surface area (Å²) in [6, 6.07) is 8.67. The van der Waals surface area contributed by atoms with E-state index < -0.39 is 22.1 Å². The van der Waals surface area contributed by atoms with E-state index in [1.807, 2.05) is 18.2 Å². The molecule has 8 nitrogen and oxygen atoms in total. The van der Waals surface area contributed by atoms with Crippen molar-refractivity contribution >= 4 is 27.0 Å². The molecule has 0 fully saturated rings. The first-order chi connectivity index (χ1) is 15.7. The van der Waals surface area contributed by atoms with Crippen molar-refractivity contribution in [3.8, 4) is 21.8 Å². The zero-order chi connectivity index (χ0) is 23.2. The summed E-state index contributed by atoms with van der Waals surface area (Å²) in [6.07, 6.45) is -1.34. The summed E-state index contributed by atoms with van der Waals surface area (Å²) < 4.78 is 69.3. The molecule has 1 aromatic carbocycles. The molecule has 0 amide bonds. The van der Waals surface area contributed by atoms with Gasteiger partial charge >= 0.3 is 12.1 Å². The highest BCUT2D eigenvalue weighted by Crippen LogP contribution is 2.36. The molecule has 0 atom stereocenters. The first kappa shape index (κ1) is 21.5. The quantitative estimate of drug-likeness (QED) is 0.421. The van der Waals surface area contributed by atoms with Gasteiger partial charge < -0.3 is 4.52 Å². The molecule has 13 heteroatoms. The van der Waals surface area contributed by atoms with Gasteiger partial charge in [-0.15, -0.1) is 11.3 Å². The molecule has 0 saturated heterocycles. The van der Waals surface area contributed by atoms with Gasteiger partial charge in [-0.2, -0.15) is 18.2 Å². The van der Waals surface area contributed by atoms with Crippen molar-refractivity contribution in [1.29, 1.82) is 0 Å². The highest BCUT2D eigenvalue weighted by molar-refractivity contribution is 7.92. The lowest BCUT2D eigenvalue weighted by Gasteiger charge is -2.31. The zero-order valence-electron chi connectivity index (χ0n) is 16.7. The average Bonchev–Trinajstić information content (AvgIpc) is 3.48. The second-order valence-electron chi connectivity index (χ2n) is 7.24. The molecule has 0 saturated carbocycles. The van der Waals surface area contributed by atoms with Gasteiger partial charge in [0.25, 0.3) is 0 Å². The van der Waals surface area contributed by atoms with Crippen LogP contribution in [0.15, 0.2) is 52.8 Å². The fourth-order valence-electron chi connectivity index (χ4n) is 3.45. The van der Waals surface area contributed by atoms with E-state index in [9.17, 15) is 21.6 Å². The van der Waals surface area contributed by atoms with E-state index in [1.165, 1.54) is 34.0 Å². The molecule has 170 valence electrons. The van der Waals surface area contributed by atoms with Crippen molar-refractivity contribution in [3.05, 3.63) is 65.4 Å². The Morgan fingerprint density at radius 2 is 1.94 bits per heavy atom. The standard InChI is InChI=1S/C20H14F3N5O3S2/c21-20(22,23)19-26-18(27-31-19)14-3-4-15(25-8-14)10-28-16-7-13(17-9-24-11-32-17)2-1-12(16)5-6-33(28,29)30/h1-4,7-9,11H,5-6,10H2. The van der Waals surface area contributed by atoms with E-state index in [4.69, 9.17) is 0 Å². The molecule has 0 bridgehead atoms. The van der Waals surface area contributed by atoms with Gasteiger partial charge in [0.05, 0.1) is 34.1 Å². The van der Waals surface area contributed by atoms with Crippen LogP contribution in [0.3, 0.4) is 0 Å². The largest absolute Gasteiger partial charge is 0.471 e. The molecule has 33 heavy (non-hydrogen) atoms. The molecule has 0 unspecified atom stereocenters. The first-order valence-corrected chi connectivity index (χ1v) is 12.1. The predicted octanol–water partition coefficient (Wildman–Crippen LogP) is 4.17. The Kier molecular flexibility index (Phi) is 5.16. The van der Waals surface area contributed by atoms with Gasteiger partial charge in [0.1, 0.15) is 0 Å². The highest BCUT2D eigenvalue weighted by Gasteiger charge is 2.38. The monoisotopic (exact) mass is 493 g/mol. The van der Waals surface area contributed by atoms with Crippen LogP contribution in [0.5, 0.6) is 0 Å². The van der Waals surface area contributed by atoms with Crippen LogP contribution < -0.4 is 4.31 Å². The number of halogens is 3. The van der Waals surface area contributed by atoms with Crippen molar-refractivity contribution in [3.63, 3.8) is 0 Å². The van der Waals surface area contributed by atoms with Crippen LogP contribution in [-0.2, 0) is 29.2 Å². The minimum Gasteiger partial charge on any atom is -0.329 e. The van der Waals surface area contributed by atoms with E-state index in [-0.39, 0.29) is 23.7 Å². The lowest BCUT2D eigenvalue weighted by Crippen LogP contribution is -2.37. The molecular weight excluding hydrogens is 479 g/mol. The Morgan fingerprint density at radius 3 is 2.61 bits per heavy atom. The average molecular weight is 493 g/mol. The molecule has 1 aliphatic heterocycles. The van der Waals surface area contributed by atoms with Crippen molar-refractivity contribution in [2.75, 3.05) is 10.1 Å². The van der Waals surface area contributed by atoms with E-state index in [0.717, 1.165) is 16.0 Å². The van der Waals surface area contributed by atoms with Crippen molar-refractivity contribution in [2.24, 2.45) is 0 Å². The summed E-state index contributed by atoms with van der Waals surface area (Å²) in [6.45, 7) is -0.0260. The van der Waals surface area contributed by atoms with Crippen LogP contribution in [-0.4, -0.2) is 34.3 Å². The van der Waals surface area contributed by atoms with E-state index in [2.05, 4.69) is 24.6 Å². The van der Waals surface area contributed by atoms with Crippen LogP contribution in [0.25, 0.3) is 21.8 Å². The van der Waals surface area contributed by atoms with Crippen molar-refractivity contribution in [2.45, 2.75) is 19.1 Å². The molecule has 1 aliphatic rings. The van der Waals surface area contributed by atoms with Crippen molar-refractivity contribution in [1.82, 2.24) is 20.1 Å². The number of alkyl halides is 3. The summed E-state index contributed by atoms with van der Waals surface area (Å²) in [5, 5.41) is 3.33. The van der Waals surface area contributed by atoms with Gasteiger partial charge in [0, 0.05) is 18.0 Å². The SMILES string of the molecule is O=S1(=O)CCc2ccc(-c3cncs3)cc2N1Cc1ccc(-c2noc(C(F)(F)F)n2)cn1. The van der Waals surface area contributed by atoms with Gasteiger partial charge in [0.15, 0.2) is 0 Å². The summed E-state index contributed by atoms with van der Waals surface area (Å²) in [5.74, 6) is -1.73. The van der Waals surface area contributed by atoms with E-state index >= 15 is 0 Å². The number of benzene rings is 1. The maximum atomic E-state index is 12.9. The Balaban J connectivity index is 1.44. The smallest absolute Gasteiger partial charge is 0.329 e. The summed E-state index contributed by atoms with van der Waals surface area (Å²) in [4.78, 5) is 12.5. The van der Waals surface area contributed by atoms with Crippen LogP contribution in [0.2, 0.25) is 0 Å². The number of hydrogen-bond acceptors (Lipinski definition) is 8. The maximum absolute atomic E-state index is 12.9. The second kappa shape index (κ2) is 7.92. The number of thiazole rings is 1. The number of fused-ring (bicyclic) bond motifs is 1. The lowest BCUT2D eigenvalue weighted by molar-refractivity contribution is -0.159. The Hall–Kier alpha value is -3.32. The maximum Gasteiger partial charge on any atom is 0.471 e. The van der Waals surface area contributed by atoms with Crippen LogP contribution in [0, 0.1) is 0 Å². The van der Waals surface area contributed by atoms with Gasteiger partial charge in [-0.25, -0.2) is 8.42 Å². The fraction of sp³-hybridized carbons (Fsp3) is 0.200. The number of anilines is 1. The third-order valence-corrected chi connectivity index (χ3v) is 7.63. The summed E-state index contributed by atoms with van der Waals surface area (Å²) >= 11 is 1.45. The third-order valence-electron chi connectivity index (χ3n) is 5.09. The van der Waals surface area contributed by atoms with E-state index in [0.29, 0.717) is 17.8 Å². The number of pyridine rings is 1. The number of sulfonamides is 1. The number of hydrogen-bond donors (Lipinski definition) is 0. The van der Waals surface area contributed by atoms with Gasteiger partial charge in [0.2, 0.25) is 15.8 Å². The van der Waals surface area contributed by atoms with Crippen LogP contribution in [0.4, 0.5) is 18.9 Å². The first-order valence-electron chi connectivity index (χ1n) is 9.59. The topological polar surface area (TPSA) is 102 Å². The van der Waals surface area contributed by atoms with Gasteiger partial charge in [-0.05, 0) is 35.7 Å². The number of aromatic nitrogens is 4. The molecule has 0 radical (unpaired) electrons. The molecule has 4 aromatic rings. The third kappa shape index (κ3) is 4.20. The Bertz CT molecular complexity index is 1400. The molecule has 0 aliphatic carbocycles. The number of nitrogens with zero attached hydrogens (tertiary/aromatic N) is 5. The van der Waals surface area contributed by atoms with Crippen molar-refractivity contribution < 1.29 is 26.1 Å². The normalized spacial score (nSPS) is 15.4. The number of rotatable bonds is 4. The lowest BCUT2D eigenvalue weighted by atomic mass is 10.1. The second-order valence-corrected chi connectivity index (χ2v) is 10.1. The van der Waals surface area contributed by atoms with Crippen LogP contribution in [0.1, 0.15) is 17.1 Å². The Labute approximate surface area is 189 Å². The molecule has 4 heterocycles. The molecule has 0 spiro atoms. The predicted molar refractivity (Wildman–Crippen MR) is 114 cm³/mol. The van der Waals surface area contributed by atoms with E-state index in [1.54, 1.807) is 11.7 Å². The number of aryl methyl sites for hydroxylation is 1. The van der Waals surface area contributed by atoms with Gasteiger partial charge in [-0.1, -0.05) is 17.3 Å². The minimum absolute atomic E-state index is 0.0260. The Morgan fingerprint density at radius 1 is 1.12 bits per heavy atom. The fourth-order valence-corrected chi connectivity index (χ4v) is 5.57. The van der Waals surface area contributed by atoms with Gasteiger partial charge in [-0.3, -0.25) is 14.3 Å². The highest BCUT2D eigenvalue weighted by atomic mass is 32.2. The summed E-state index contributed by atoms with van der Waals surface area (Å²) in [5.41, 5.74) is 4.67. The molecular formula is C20H14F3N5O3S2. The minimum atomic E-state index is -4.74.